The van der Waals surface area contributed by atoms with Crippen LogP contribution in [0.4, 0.5) is 5.95 Å². The smallest absolute Gasteiger partial charge is 0.271 e. The zero-order valence-corrected chi connectivity index (χ0v) is 18.8. The third kappa shape index (κ3) is 5.11. The van der Waals surface area contributed by atoms with Gasteiger partial charge in [-0.3, -0.25) is 9.69 Å². The fourth-order valence-electron chi connectivity index (χ4n) is 3.94. The molecule has 1 amide bonds. The second-order valence-corrected chi connectivity index (χ2v) is 9.31. The summed E-state index contributed by atoms with van der Waals surface area (Å²) in [7, 11) is 0. The molecule has 162 valence electrons. The van der Waals surface area contributed by atoms with Crippen LogP contribution in [0.3, 0.4) is 0 Å². The summed E-state index contributed by atoms with van der Waals surface area (Å²) in [4.78, 5) is 27.5. The van der Waals surface area contributed by atoms with Crippen molar-refractivity contribution in [1.29, 1.82) is 0 Å². The normalized spacial score (nSPS) is 19.6. The predicted molar refractivity (Wildman–Crippen MR) is 119 cm³/mol. The van der Waals surface area contributed by atoms with Crippen molar-refractivity contribution in [3.63, 3.8) is 0 Å². The summed E-state index contributed by atoms with van der Waals surface area (Å²) < 4.78 is 5.38. The number of piperidine rings is 1. The van der Waals surface area contributed by atoms with Crippen molar-refractivity contribution >= 4 is 34.8 Å². The van der Waals surface area contributed by atoms with Gasteiger partial charge in [-0.15, -0.1) is 11.3 Å². The number of halogens is 1. The van der Waals surface area contributed by atoms with Gasteiger partial charge in [0.1, 0.15) is 0 Å². The number of ether oxygens (including phenoxy) is 1. The van der Waals surface area contributed by atoms with E-state index in [1.54, 1.807) is 11.3 Å². The van der Waals surface area contributed by atoms with E-state index in [4.69, 9.17) is 16.3 Å². The highest BCUT2D eigenvalue weighted by Crippen LogP contribution is 2.29. The van der Waals surface area contributed by atoms with Crippen LogP contribution in [0.1, 0.15) is 41.2 Å². The second kappa shape index (κ2) is 10.0. The third-order valence-corrected chi connectivity index (χ3v) is 7.08. The van der Waals surface area contributed by atoms with E-state index in [0.717, 1.165) is 19.0 Å². The van der Waals surface area contributed by atoms with Gasteiger partial charge in [-0.1, -0.05) is 24.6 Å². The molecule has 1 N–H and O–H groups in total. The number of amides is 1. The van der Waals surface area contributed by atoms with Crippen molar-refractivity contribution in [2.24, 2.45) is 5.92 Å². The Balaban J connectivity index is 1.45. The van der Waals surface area contributed by atoms with Crippen molar-refractivity contribution in [2.45, 2.75) is 25.8 Å². The molecule has 0 spiro atoms. The van der Waals surface area contributed by atoms with Crippen molar-refractivity contribution in [2.75, 3.05) is 50.8 Å². The van der Waals surface area contributed by atoms with Crippen LogP contribution in [0, 0.1) is 5.92 Å². The molecule has 2 aromatic heterocycles. The number of carbonyl (C=O) groups excluding carboxylic acids is 1. The van der Waals surface area contributed by atoms with Crippen LogP contribution in [0.25, 0.3) is 0 Å². The monoisotopic (exact) mass is 449 g/mol. The highest BCUT2D eigenvalue weighted by atomic mass is 35.5. The summed E-state index contributed by atoms with van der Waals surface area (Å²) >= 11 is 8.01. The van der Waals surface area contributed by atoms with Gasteiger partial charge >= 0.3 is 0 Å². The first-order valence-electron chi connectivity index (χ1n) is 10.5. The molecule has 0 bridgehead atoms. The lowest BCUT2D eigenvalue weighted by Gasteiger charge is -2.36. The topological polar surface area (TPSA) is 70.6 Å². The van der Waals surface area contributed by atoms with Crippen LogP contribution >= 0.6 is 22.9 Å². The number of carbonyl (C=O) groups is 1. The molecule has 1 atom stereocenters. The minimum Gasteiger partial charge on any atom is -0.378 e. The Kier molecular flexibility index (Phi) is 7.20. The molecule has 0 unspecified atom stereocenters. The molecule has 2 aliphatic rings. The summed E-state index contributed by atoms with van der Waals surface area (Å²) in [5, 5.41) is 5.43. The lowest BCUT2D eigenvalue weighted by molar-refractivity contribution is 0.0910. The summed E-state index contributed by atoms with van der Waals surface area (Å²) in [6, 6.07) is 4.38. The fraction of sp³-hybridized carbons (Fsp3) is 0.571. The molecule has 2 fully saturated rings. The number of thiophene rings is 1. The number of nitrogens with zero attached hydrogens (tertiary/aromatic N) is 4. The van der Waals surface area contributed by atoms with E-state index in [9.17, 15) is 4.79 Å². The first-order valence-corrected chi connectivity index (χ1v) is 11.8. The van der Waals surface area contributed by atoms with Crippen LogP contribution < -0.4 is 10.2 Å². The molecule has 4 heterocycles. The van der Waals surface area contributed by atoms with Gasteiger partial charge in [0, 0.05) is 24.5 Å². The van der Waals surface area contributed by atoms with Gasteiger partial charge < -0.3 is 15.0 Å². The van der Waals surface area contributed by atoms with Gasteiger partial charge in [0.15, 0.2) is 5.69 Å². The fourth-order valence-corrected chi connectivity index (χ4v) is 4.97. The summed E-state index contributed by atoms with van der Waals surface area (Å²) in [6.45, 7) is 7.61. The molecule has 4 rings (SSSR count). The number of morpholine rings is 1. The standard InChI is InChI=1S/C21H28ClN5O2S/c1-15-4-6-26(7-5-15)17(18-3-2-12-30-18)14-23-20(28)19-16(22)13-24-21(25-19)27-8-10-29-11-9-27/h2-3,12-13,15,17H,4-11,14H2,1H3,(H,23,28)/t17-/m1/s1. The van der Waals surface area contributed by atoms with Crippen LogP contribution in [0.5, 0.6) is 0 Å². The molecular weight excluding hydrogens is 422 g/mol. The lowest BCUT2D eigenvalue weighted by atomic mass is 9.97. The van der Waals surface area contributed by atoms with Gasteiger partial charge in [0.05, 0.1) is 30.5 Å². The van der Waals surface area contributed by atoms with Crippen molar-refractivity contribution in [1.82, 2.24) is 20.2 Å². The molecule has 7 nitrogen and oxygen atoms in total. The zero-order chi connectivity index (χ0) is 20.9. The highest BCUT2D eigenvalue weighted by Gasteiger charge is 2.27. The number of nitrogens with one attached hydrogen (secondary N) is 1. The maximum atomic E-state index is 13.0. The molecular formula is C21H28ClN5O2S. The first kappa shape index (κ1) is 21.5. The molecule has 0 aliphatic carbocycles. The molecule has 2 aromatic rings. The predicted octanol–water partition coefficient (Wildman–Crippen LogP) is 3.23. The number of hydrogen-bond acceptors (Lipinski definition) is 7. The Morgan fingerprint density at radius 2 is 2.10 bits per heavy atom. The van der Waals surface area contributed by atoms with E-state index in [2.05, 4.69) is 44.6 Å². The Hall–Kier alpha value is -1.74. The van der Waals surface area contributed by atoms with Gasteiger partial charge in [0.2, 0.25) is 5.95 Å². The maximum Gasteiger partial charge on any atom is 0.271 e. The maximum absolute atomic E-state index is 13.0. The molecule has 0 radical (unpaired) electrons. The van der Waals surface area contributed by atoms with Crippen LogP contribution in [0.15, 0.2) is 23.7 Å². The van der Waals surface area contributed by atoms with E-state index < -0.39 is 0 Å². The molecule has 30 heavy (non-hydrogen) atoms. The Labute approximate surface area is 186 Å². The summed E-state index contributed by atoms with van der Waals surface area (Å²) in [5.41, 5.74) is 0.227. The average molecular weight is 450 g/mol. The summed E-state index contributed by atoms with van der Waals surface area (Å²) in [5.74, 6) is 1.02. The van der Waals surface area contributed by atoms with Crippen LogP contribution in [-0.2, 0) is 4.74 Å². The van der Waals surface area contributed by atoms with Gasteiger partial charge in [0.25, 0.3) is 5.91 Å². The van der Waals surface area contributed by atoms with Crippen molar-refractivity contribution in [3.05, 3.63) is 39.3 Å². The number of aromatic nitrogens is 2. The van der Waals surface area contributed by atoms with E-state index in [1.807, 2.05) is 4.90 Å². The molecule has 2 saturated heterocycles. The Bertz CT molecular complexity index is 836. The van der Waals surface area contributed by atoms with Crippen molar-refractivity contribution in [3.8, 4) is 0 Å². The average Bonchev–Trinajstić information content (AvgIpc) is 3.30. The van der Waals surface area contributed by atoms with Gasteiger partial charge in [-0.25, -0.2) is 9.97 Å². The Morgan fingerprint density at radius 1 is 1.33 bits per heavy atom. The van der Waals surface area contributed by atoms with Gasteiger partial charge in [-0.2, -0.15) is 0 Å². The number of hydrogen-bond donors (Lipinski definition) is 1. The SMILES string of the molecule is CC1CCN([C@H](CNC(=O)c2nc(N3CCOCC3)ncc2Cl)c2cccs2)CC1. The largest absolute Gasteiger partial charge is 0.378 e. The number of anilines is 1. The molecule has 0 saturated carbocycles. The van der Waals surface area contributed by atoms with E-state index in [-0.39, 0.29) is 22.7 Å². The van der Waals surface area contributed by atoms with E-state index in [1.165, 1.54) is 23.9 Å². The minimum atomic E-state index is -0.260. The summed E-state index contributed by atoms with van der Waals surface area (Å²) in [6.07, 6.45) is 3.89. The molecule has 2 aliphatic heterocycles. The first-order chi connectivity index (χ1) is 14.6. The van der Waals surface area contributed by atoms with Crippen LogP contribution in [0.2, 0.25) is 5.02 Å². The van der Waals surface area contributed by atoms with Gasteiger partial charge in [-0.05, 0) is 43.3 Å². The van der Waals surface area contributed by atoms with E-state index >= 15 is 0 Å². The highest BCUT2D eigenvalue weighted by molar-refractivity contribution is 7.10. The van der Waals surface area contributed by atoms with Crippen LogP contribution in [-0.4, -0.2) is 66.7 Å². The van der Waals surface area contributed by atoms with Crippen molar-refractivity contribution < 1.29 is 9.53 Å². The Morgan fingerprint density at radius 3 is 2.80 bits per heavy atom. The minimum absolute atomic E-state index is 0.167. The second-order valence-electron chi connectivity index (χ2n) is 7.93. The third-order valence-electron chi connectivity index (χ3n) is 5.83. The number of likely N-dealkylation sites (tertiary alicyclic amines) is 1. The quantitative estimate of drug-likeness (QED) is 0.730. The van der Waals surface area contributed by atoms with E-state index in [0.29, 0.717) is 38.8 Å². The molecule has 9 heteroatoms. The zero-order valence-electron chi connectivity index (χ0n) is 17.2. The molecule has 0 aromatic carbocycles. The lowest BCUT2D eigenvalue weighted by Crippen LogP contribution is -2.42. The number of rotatable bonds is 6.